The van der Waals surface area contributed by atoms with E-state index in [9.17, 15) is 18.0 Å². The van der Waals surface area contributed by atoms with Gasteiger partial charge in [-0.1, -0.05) is 37.6 Å². The van der Waals surface area contributed by atoms with E-state index in [2.05, 4.69) is 5.32 Å². The molecule has 2 aromatic rings. The summed E-state index contributed by atoms with van der Waals surface area (Å²) in [4.78, 5) is 28.1. The number of halogens is 1. The third kappa shape index (κ3) is 6.61. The minimum atomic E-state index is -3.83. The third-order valence-corrected chi connectivity index (χ3v) is 7.82. The van der Waals surface area contributed by atoms with Crippen LogP contribution in [0.15, 0.2) is 42.5 Å². The molecule has 0 fully saturated rings. The van der Waals surface area contributed by atoms with E-state index >= 15 is 0 Å². The molecule has 1 heterocycles. The van der Waals surface area contributed by atoms with Crippen LogP contribution < -0.4 is 19.1 Å². The lowest BCUT2D eigenvalue weighted by atomic mass is 10.1. The van der Waals surface area contributed by atoms with Gasteiger partial charge in [-0.05, 0) is 49.6 Å². The first kappa shape index (κ1) is 27.6. The molecule has 0 spiro atoms. The number of hydrogen-bond donors (Lipinski definition) is 1. The number of nitrogens with one attached hydrogen (secondary N) is 1. The number of fused-ring (bicyclic) bond motifs is 1. The molecule has 0 unspecified atom stereocenters. The number of hydrogen-bond acceptors (Lipinski definition) is 6. The van der Waals surface area contributed by atoms with Gasteiger partial charge in [0.2, 0.25) is 28.6 Å². The Balaban J connectivity index is 1.95. The SMILES string of the molecule is CCCNC(=O)[C@@H](CC)N(Cc1ccc(Cl)cc1)C(=O)CN(c1ccc2c(c1)OCO2)S(=O)(=O)CC. The summed E-state index contributed by atoms with van der Waals surface area (Å²) in [5, 5.41) is 3.40. The van der Waals surface area contributed by atoms with Crippen molar-refractivity contribution in [2.45, 2.75) is 46.2 Å². The Labute approximate surface area is 217 Å². The highest BCUT2D eigenvalue weighted by Gasteiger charge is 2.33. The Bertz CT molecular complexity index is 1170. The lowest BCUT2D eigenvalue weighted by molar-refractivity contribution is -0.140. The van der Waals surface area contributed by atoms with Crippen LogP contribution in [0.5, 0.6) is 11.5 Å². The van der Waals surface area contributed by atoms with Gasteiger partial charge >= 0.3 is 0 Å². The number of sulfonamides is 1. The van der Waals surface area contributed by atoms with Crippen molar-refractivity contribution in [1.82, 2.24) is 10.2 Å². The van der Waals surface area contributed by atoms with Gasteiger partial charge in [-0.2, -0.15) is 0 Å². The monoisotopic (exact) mass is 537 g/mol. The van der Waals surface area contributed by atoms with E-state index in [1.165, 1.54) is 17.9 Å². The number of carbonyl (C=O) groups excluding carboxylic acids is 2. The molecule has 36 heavy (non-hydrogen) atoms. The van der Waals surface area contributed by atoms with E-state index in [-0.39, 0.29) is 30.7 Å². The quantitative estimate of drug-likeness (QED) is 0.444. The molecule has 0 bridgehead atoms. The summed E-state index contributed by atoms with van der Waals surface area (Å²) in [6, 6.07) is 10.9. The van der Waals surface area contributed by atoms with Gasteiger partial charge in [-0.3, -0.25) is 13.9 Å². The van der Waals surface area contributed by atoms with Crippen molar-refractivity contribution in [1.29, 1.82) is 0 Å². The van der Waals surface area contributed by atoms with Crippen molar-refractivity contribution in [3.8, 4) is 11.5 Å². The predicted octanol–water partition coefficient (Wildman–Crippen LogP) is 3.56. The Hall–Kier alpha value is -2.98. The van der Waals surface area contributed by atoms with Crippen molar-refractivity contribution in [3.05, 3.63) is 53.1 Å². The highest BCUT2D eigenvalue weighted by Crippen LogP contribution is 2.36. The van der Waals surface area contributed by atoms with Gasteiger partial charge in [0, 0.05) is 24.2 Å². The number of carbonyl (C=O) groups is 2. The second-order valence-corrected chi connectivity index (χ2v) is 10.9. The molecule has 0 saturated carbocycles. The molecule has 0 aromatic heterocycles. The maximum atomic E-state index is 13.7. The number of nitrogens with zero attached hydrogens (tertiary/aromatic N) is 2. The average molecular weight is 538 g/mol. The predicted molar refractivity (Wildman–Crippen MR) is 139 cm³/mol. The Morgan fingerprint density at radius 1 is 1.06 bits per heavy atom. The Morgan fingerprint density at radius 3 is 2.39 bits per heavy atom. The molecule has 1 aliphatic heterocycles. The molecule has 1 aliphatic rings. The maximum absolute atomic E-state index is 13.7. The van der Waals surface area contributed by atoms with Crippen LogP contribution in [0.4, 0.5) is 5.69 Å². The van der Waals surface area contributed by atoms with Crippen molar-refractivity contribution in [2.24, 2.45) is 0 Å². The molecule has 1 N–H and O–H groups in total. The molecule has 0 aliphatic carbocycles. The van der Waals surface area contributed by atoms with Crippen LogP contribution in [0.1, 0.15) is 39.2 Å². The molecule has 0 saturated heterocycles. The second-order valence-electron chi connectivity index (χ2n) is 8.31. The second kappa shape index (κ2) is 12.3. The highest BCUT2D eigenvalue weighted by molar-refractivity contribution is 7.92. The zero-order valence-electron chi connectivity index (χ0n) is 20.7. The van der Waals surface area contributed by atoms with Gasteiger partial charge in [0.1, 0.15) is 12.6 Å². The van der Waals surface area contributed by atoms with Crippen LogP contribution in [0, 0.1) is 0 Å². The average Bonchev–Trinajstić information content (AvgIpc) is 3.34. The zero-order chi connectivity index (χ0) is 26.3. The van der Waals surface area contributed by atoms with Gasteiger partial charge in [0.15, 0.2) is 11.5 Å². The Kier molecular flexibility index (Phi) is 9.44. The van der Waals surface area contributed by atoms with E-state index in [0.29, 0.717) is 29.5 Å². The fourth-order valence-electron chi connectivity index (χ4n) is 3.83. The molecule has 3 rings (SSSR count). The minimum absolute atomic E-state index is 0.0398. The highest BCUT2D eigenvalue weighted by atomic mass is 35.5. The smallest absolute Gasteiger partial charge is 0.244 e. The van der Waals surface area contributed by atoms with Crippen LogP contribution in [0.2, 0.25) is 5.02 Å². The fourth-order valence-corrected chi connectivity index (χ4v) is 5.01. The van der Waals surface area contributed by atoms with E-state index in [1.54, 1.807) is 36.4 Å². The first-order valence-electron chi connectivity index (χ1n) is 11.9. The summed E-state index contributed by atoms with van der Waals surface area (Å²) >= 11 is 6.01. The van der Waals surface area contributed by atoms with Crippen molar-refractivity contribution >= 4 is 39.1 Å². The number of amides is 2. The maximum Gasteiger partial charge on any atom is 0.244 e. The number of benzene rings is 2. The molecule has 1 atom stereocenters. The molecular weight excluding hydrogens is 506 g/mol. The first-order valence-corrected chi connectivity index (χ1v) is 13.9. The summed E-state index contributed by atoms with van der Waals surface area (Å²) < 4.78 is 37.9. The molecule has 196 valence electrons. The molecule has 2 aromatic carbocycles. The molecule has 2 amide bonds. The van der Waals surface area contributed by atoms with Crippen LogP contribution >= 0.6 is 11.6 Å². The van der Waals surface area contributed by atoms with Gasteiger partial charge in [0.25, 0.3) is 0 Å². The lowest BCUT2D eigenvalue weighted by Crippen LogP contribution is -2.52. The van der Waals surface area contributed by atoms with Crippen molar-refractivity contribution < 1.29 is 27.5 Å². The summed E-state index contributed by atoms with van der Waals surface area (Å²) in [5.74, 6) is -0.0885. The van der Waals surface area contributed by atoms with Gasteiger partial charge < -0.3 is 19.7 Å². The minimum Gasteiger partial charge on any atom is -0.454 e. The van der Waals surface area contributed by atoms with Crippen LogP contribution in [-0.2, 0) is 26.2 Å². The van der Waals surface area contributed by atoms with E-state index in [0.717, 1.165) is 16.3 Å². The summed E-state index contributed by atoms with van der Waals surface area (Å²) in [6.07, 6.45) is 1.11. The number of rotatable bonds is 12. The summed E-state index contributed by atoms with van der Waals surface area (Å²) in [7, 11) is -3.83. The molecule has 11 heteroatoms. The van der Waals surface area contributed by atoms with Crippen LogP contribution in [0.3, 0.4) is 0 Å². The van der Waals surface area contributed by atoms with E-state index in [1.807, 2.05) is 13.8 Å². The van der Waals surface area contributed by atoms with Crippen molar-refractivity contribution in [2.75, 3.05) is 29.9 Å². The number of anilines is 1. The molecule has 9 nitrogen and oxygen atoms in total. The normalized spacial score (nSPS) is 13.2. The van der Waals surface area contributed by atoms with Gasteiger partial charge in [-0.25, -0.2) is 8.42 Å². The number of ether oxygens (including phenoxy) is 2. The zero-order valence-corrected chi connectivity index (χ0v) is 22.3. The van der Waals surface area contributed by atoms with E-state index < -0.39 is 28.5 Å². The first-order chi connectivity index (χ1) is 17.2. The largest absolute Gasteiger partial charge is 0.454 e. The standard InChI is InChI=1S/C25H32ClN3O6S/c1-4-13-27-25(31)21(5-2)28(15-18-7-9-19(26)10-8-18)24(30)16-29(36(32,33)6-3)20-11-12-22-23(14-20)35-17-34-22/h7-12,14,21H,4-6,13,15-17H2,1-3H3,(H,27,31)/t21-/m1/s1. The van der Waals surface area contributed by atoms with Crippen molar-refractivity contribution in [3.63, 3.8) is 0 Å². The summed E-state index contributed by atoms with van der Waals surface area (Å²) in [6.45, 7) is 5.44. The van der Waals surface area contributed by atoms with Crippen LogP contribution in [0.25, 0.3) is 0 Å². The van der Waals surface area contributed by atoms with E-state index in [4.69, 9.17) is 21.1 Å². The van der Waals surface area contributed by atoms with Gasteiger partial charge in [-0.15, -0.1) is 0 Å². The molecule has 0 radical (unpaired) electrons. The topological polar surface area (TPSA) is 105 Å². The van der Waals surface area contributed by atoms with Gasteiger partial charge in [0.05, 0.1) is 11.4 Å². The lowest BCUT2D eigenvalue weighted by Gasteiger charge is -2.33. The van der Waals surface area contributed by atoms with Crippen LogP contribution in [-0.4, -0.2) is 56.8 Å². The third-order valence-electron chi connectivity index (χ3n) is 5.82. The fraction of sp³-hybridized carbons (Fsp3) is 0.440. The Morgan fingerprint density at radius 2 is 1.75 bits per heavy atom. The summed E-state index contributed by atoms with van der Waals surface area (Å²) in [5.41, 5.74) is 1.05. The molecular formula is C25H32ClN3O6S.